The lowest BCUT2D eigenvalue weighted by Crippen LogP contribution is -2.62. The van der Waals surface area contributed by atoms with Crippen LogP contribution in [0.5, 0.6) is 11.5 Å². The van der Waals surface area contributed by atoms with Gasteiger partial charge in [-0.3, -0.25) is 9.69 Å². The largest absolute Gasteiger partial charge is 0.457 e. The molecule has 194 valence electrons. The highest BCUT2D eigenvalue weighted by Gasteiger charge is 2.52. The molecule has 2 aromatic carbocycles. The van der Waals surface area contributed by atoms with Gasteiger partial charge in [-0.05, 0) is 75.5 Å². The van der Waals surface area contributed by atoms with E-state index in [1.165, 1.54) is 0 Å². The quantitative estimate of drug-likeness (QED) is 0.480. The Labute approximate surface area is 221 Å². The number of amides is 3. The SMILES string of the molecule is Cc1cc(Oc2ccccc2)ccc1N1C(=O)NC2=C(C(=O)NC3CC[C@@H](C)NC3)SC3NCCC1C23. The zero-order valence-electron chi connectivity index (χ0n) is 21.1. The van der Waals surface area contributed by atoms with Gasteiger partial charge in [-0.2, -0.15) is 0 Å². The maximum absolute atomic E-state index is 13.5. The number of carbonyl (C=O) groups excluding carboxylic acids is 2. The molecule has 3 fully saturated rings. The molecule has 2 aromatic rings. The Kier molecular flexibility index (Phi) is 6.60. The third-order valence-electron chi connectivity index (χ3n) is 7.75. The minimum absolute atomic E-state index is 0.0235. The van der Waals surface area contributed by atoms with Crippen molar-refractivity contribution in [3.05, 3.63) is 64.7 Å². The average molecular weight is 520 g/mol. The third-order valence-corrected chi connectivity index (χ3v) is 9.10. The highest BCUT2D eigenvalue weighted by atomic mass is 32.2. The molecule has 9 heteroatoms. The Morgan fingerprint density at radius 1 is 1.08 bits per heavy atom. The molecule has 3 saturated heterocycles. The zero-order valence-corrected chi connectivity index (χ0v) is 21.9. The van der Waals surface area contributed by atoms with Crippen molar-refractivity contribution in [1.29, 1.82) is 0 Å². The molecule has 3 amide bonds. The van der Waals surface area contributed by atoms with Crippen LogP contribution in [0.4, 0.5) is 10.5 Å². The summed E-state index contributed by atoms with van der Waals surface area (Å²) in [5, 5.41) is 13.4. The lowest BCUT2D eigenvalue weighted by molar-refractivity contribution is -0.117. The Balaban J connectivity index is 1.24. The second-order valence-corrected chi connectivity index (χ2v) is 11.5. The summed E-state index contributed by atoms with van der Waals surface area (Å²) in [6.07, 6.45) is 2.82. The molecule has 4 aliphatic heterocycles. The second kappa shape index (κ2) is 10.0. The summed E-state index contributed by atoms with van der Waals surface area (Å²) in [7, 11) is 0. The van der Waals surface area contributed by atoms with Crippen LogP contribution in [0.3, 0.4) is 0 Å². The Morgan fingerprint density at radius 3 is 2.68 bits per heavy atom. The molecule has 4 heterocycles. The van der Waals surface area contributed by atoms with Gasteiger partial charge < -0.3 is 26.0 Å². The topological polar surface area (TPSA) is 94.7 Å². The van der Waals surface area contributed by atoms with Gasteiger partial charge in [0.05, 0.1) is 16.3 Å². The summed E-state index contributed by atoms with van der Waals surface area (Å²) in [5.74, 6) is 1.45. The minimum Gasteiger partial charge on any atom is -0.457 e. The molecule has 0 bridgehead atoms. The average Bonchev–Trinajstić information content (AvgIpc) is 3.27. The first-order chi connectivity index (χ1) is 18.0. The fraction of sp³-hybridized carbons (Fsp3) is 0.429. The van der Waals surface area contributed by atoms with Crippen LogP contribution >= 0.6 is 11.8 Å². The van der Waals surface area contributed by atoms with E-state index < -0.39 is 0 Å². The molecule has 0 aliphatic carbocycles. The molecule has 6 rings (SSSR count). The van der Waals surface area contributed by atoms with E-state index in [0.717, 1.165) is 60.8 Å². The number of thioether (sulfide) groups is 1. The molecule has 4 N–H and O–H groups in total. The molecule has 0 radical (unpaired) electrons. The maximum atomic E-state index is 13.5. The number of benzene rings is 2. The summed E-state index contributed by atoms with van der Waals surface area (Å²) >= 11 is 1.55. The lowest BCUT2D eigenvalue weighted by atomic mass is 9.86. The van der Waals surface area contributed by atoms with Gasteiger partial charge in [0.25, 0.3) is 5.91 Å². The molecule has 4 aliphatic rings. The van der Waals surface area contributed by atoms with Gasteiger partial charge in [0.1, 0.15) is 11.5 Å². The van der Waals surface area contributed by atoms with Crippen LogP contribution in [-0.2, 0) is 4.79 Å². The van der Waals surface area contributed by atoms with E-state index in [1.807, 2.05) is 60.4 Å². The van der Waals surface area contributed by atoms with Crippen LogP contribution < -0.4 is 30.9 Å². The first-order valence-electron chi connectivity index (χ1n) is 13.1. The maximum Gasteiger partial charge on any atom is 0.326 e. The van der Waals surface area contributed by atoms with Crippen molar-refractivity contribution in [3.8, 4) is 11.5 Å². The summed E-state index contributed by atoms with van der Waals surface area (Å²) < 4.78 is 6.00. The van der Waals surface area contributed by atoms with Crippen LogP contribution in [-0.4, -0.2) is 48.5 Å². The highest BCUT2D eigenvalue weighted by Crippen LogP contribution is 2.48. The van der Waals surface area contributed by atoms with Gasteiger partial charge in [-0.1, -0.05) is 30.0 Å². The molecule has 0 aromatic heterocycles. The van der Waals surface area contributed by atoms with Gasteiger partial charge in [0.15, 0.2) is 0 Å². The number of anilines is 1. The van der Waals surface area contributed by atoms with E-state index in [9.17, 15) is 9.59 Å². The highest BCUT2D eigenvalue weighted by molar-refractivity contribution is 8.04. The van der Waals surface area contributed by atoms with Crippen molar-refractivity contribution in [2.24, 2.45) is 5.92 Å². The van der Waals surface area contributed by atoms with E-state index in [-0.39, 0.29) is 35.3 Å². The van der Waals surface area contributed by atoms with E-state index in [0.29, 0.717) is 10.9 Å². The van der Waals surface area contributed by atoms with Crippen molar-refractivity contribution < 1.29 is 14.3 Å². The number of carbonyl (C=O) groups is 2. The summed E-state index contributed by atoms with van der Waals surface area (Å²) in [6.45, 7) is 5.74. The zero-order chi connectivity index (χ0) is 25.5. The Hall–Kier alpha value is -3.01. The van der Waals surface area contributed by atoms with Gasteiger partial charge in [0.2, 0.25) is 0 Å². The first-order valence-corrected chi connectivity index (χ1v) is 14.0. The van der Waals surface area contributed by atoms with E-state index >= 15 is 0 Å². The fourth-order valence-electron chi connectivity index (χ4n) is 5.86. The lowest BCUT2D eigenvalue weighted by Gasteiger charge is -2.46. The van der Waals surface area contributed by atoms with Gasteiger partial charge in [-0.25, -0.2) is 4.79 Å². The molecule has 0 saturated carbocycles. The summed E-state index contributed by atoms with van der Waals surface area (Å²) in [5.41, 5.74) is 2.60. The predicted octanol–water partition coefficient (Wildman–Crippen LogP) is 3.84. The van der Waals surface area contributed by atoms with Gasteiger partial charge >= 0.3 is 6.03 Å². The standard InChI is InChI=1S/C28H33N5O3S/c1-16-14-20(36-19-6-4-3-5-7-19)10-11-21(16)33-22-12-13-29-27-23(22)24(32-28(33)35)25(37-27)26(34)31-18-9-8-17(2)30-15-18/h3-7,10-11,14,17-18,22-23,27,29-30H,8-9,12-13,15H2,1-2H3,(H,31,34)(H,32,35)/t17-,18?,22?,23?,27?/m1/s1. The summed E-state index contributed by atoms with van der Waals surface area (Å²) in [6, 6.07) is 15.9. The van der Waals surface area contributed by atoms with Gasteiger partial charge in [0, 0.05) is 35.9 Å². The molecular weight excluding hydrogens is 486 g/mol. The number of nitrogens with zero attached hydrogens (tertiary/aromatic N) is 1. The molecule has 5 atom stereocenters. The number of aryl methyl sites for hydroxylation is 1. The number of hydrogen-bond donors (Lipinski definition) is 4. The predicted molar refractivity (Wildman–Crippen MR) is 146 cm³/mol. The van der Waals surface area contributed by atoms with Crippen LogP contribution in [0, 0.1) is 12.8 Å². The fourth-order valence-corrected chi connectivity index (χ4v) is 7.26. The molecule has 0 spiro atoms. The number of para-hydroxylation sites is 1. The number of hydrogen-bond acceptors (Lipinski definition) is 6. The number of ether oxygens (including phenoxy) is 1. The van der Waals surface area contributed by atoms with Crippen molar-refractivity contribution >= 4 is 29.4 Å². The normalized spacial score (nSPS) is 29.0. The number of piperidine rings is 2. The molecule has 4 unspecified atom stereocenters. The number of urea groups is 1. The van der Waals surface area contributed by atoms with E-state index in [2.05, 4.69) is 28.2 Å². The monoisotopic (exact) mass is 519 g/mol. The van der Waals surface area contributed by atoms with Crippen molar-refractivity contribution in [1.82, 2.24) is 21.3 Å². The van der Waals surface area contributed by atoms with Crippen molar-refractivity contribution in [2.75, 3.05) is 18.0 Å². The molecule has 8 nitrogen and oxygen atoms in total. The third kappa shape index (κ3) is 4.71. The van der Waals surface area contributed by atoms with Gasteiger partial charge in [-0.15, -0.1) is 0 Å². The second-order valence-electron chi connectivity index (χ2n) is 10.3. The summed E-state index contributed by atoms with van der Waals surface area (Å²) in [4.78, 5) is 29.4. The van der Waals surface area contributed by atoms with Crippen LogP contribution in [0.25, 0.3) is 0 Å². The van der Waals surface area contributed by atoms with Crippen LogP contribution in [0.1, 0.15) is 31.7 Å². The first kappa shape index (κ1) is 24.3. The smallest absolute Gasteiger partial charge is 0.326 e. The Bertz CT molecular complexity index is 1230. The molecule has 37 heavy (non-hydrogen) atoms. The number of nitrogens with one attached hydrogen (secondary N) is 4. The van der Waals surface area contributed by atoms with Crippen LogP contribution in [0.2, 0.25) is 0 Å². The molecular formula is C28H33N5O3S. The van der Waals surface area contributed by atoms with Crippen molar-refractivity contribution in [2.45, 2.75) is 56.6 Å². The Morgan fingerprint density at radius 2 is 1.92 bits per heavy atom. The number of rotatable bonds is 5. The van der Waals surface area contributed by atoms with Crippen molar-refractivity contribution in [3.63, 3.8) is 0 Å². The minimum atomic E-state index is -0.183. The van der Waals surface area contributed by atoms with E-state index in [4.69, 9.17) is 4.74 Å². The van der Waals surface area contributed by atoms with Crippen LogP contribution in [0.15, 0.2) is 59.1 Å². The van der Waals surface area contributed by atoms with E-state index in [1.54, 1.807) is 11.8 Å².